The van der Waals surface area contributed by atoms with E-state index in [0.29, 0.717) is 25.3 Å². The van der Waals surface area contributed by atoms with Gasteiger partial charge >= 0.3 is 0 Å². The number of thioether (sulfide) groups is 1. The zero-order chi connectivity index (χ0) is 17.6. The number of nitriles is 1. The molecular formula is C18H18N4OS2. The number of benzene rings is 1. The Bertz CT molecular complexity index is 896. The smallest absolute Gasteiger partial charge is 0.233 e. The largest absolute Gasteiger partial charge is 0.340 e. The molecule has 0 N–H and O–H groups in total. The van der Waals surface area contributed by atoms with Gasteiger partial charge in [0.05, 0.1) is 35.8 Å². The van der Waals surface area contributed by atoms with Crippen LogP contribution in [-0.4, -0.2) is 33.2 Å². The van der Waals surface area contributed by atoms with E-state index >= 15 is 0 Å². The average molecular weight is 371 g/mol. The highest BCUT2D eigenvalue weighted by Gasteiger charge is 2.15. The predicted octanol–water partition coefficient (Wildman–Crippen LogP) is 3.76. The Morgan fingerprint density at radius 1 is 1.36 bits per heavy atom. The van der Waals surface area contributed by atoms with Crippen LogP contribution in [0.15, 0.2) is 46.9 Å². The summed E-state index contributed by atoms with van der Waals surface area (Å²) in [4.78, 5) is 19.9. The van der Waals surface area contributed by atoms with Gasteiger partial charge < -0.3 is 9.47 Å². The molecule has 0 atom stereocenters. The molecule has 2 heterocycles. The van der Waals surface area contributed by atoms with E-state index in [2.05, 4.69) is 11.1 Å². The standard InChI is InChI=1S/C18H18N4OS2/c1-21(12-14-6-4-11-24-14)17(23)13-25-18-20-15-7-2-3-8-16(15)22(18)10-5-9-19/h2-4,6-8,11H,5,10,12-13H2,1H3. The van der Waals surface area contributed by atoms with Crippen molar-refractivity contribution in [2.75, 3.05) is 12.8 Å². The van der Waals surface area contributed by atoms with Crippen molar-refractivity contribution in [3.05, 3.63) is 46.7 Å². The van der Waals surface area contributed by atoms with Crippen LogP contribution < -0.4 is 0 Å². The number of thiophene rings is 1. The van der Waals surface area contributed by atoms with Gasteiger partial charge in [-0.05, 0) is 23.6 Å². The summed E-state index contributed by atoms with van der Waals surface area (Å²) in [5, 5.41) is 11.7. The van der Waals surface area contributed by atoms with E-state index < -0.39 is 0 Å². The number of carbonyl (C=O) groups is 1. The summed E-state index contributed by atoms with van der Waals surface area (Å²) < 4.78 is 2.02. The second-order valence-corrected chi connectivity index (χ2v) is 7.54. The van der Waals surface area contributed by atoms with Gasteiger partial charge in [0.2, 0.25) is 5.91 Å². The van der Waals surface area contributed by atoms with Crippen molar-refractivity contribution in [2.24, 2.45) is 0 Å². The first-order valence-electron chi connectivity index (χ1n) is 7.90. The third kappa shape index (κ3) is 4.21. The molecule has 3 rings (SSSR count). The highest BCUT2D eigenvalue weighted by atomic mass is 32.2. The van der Waals surface area contributed by atoms with Gasteiger partial charge in [0, 0.05) is 18.5 Å². The first-order chi connectivity index (χ1) is 12.2. The van der Waals surface area contributed by atoms with Gasteiger partial charge in [-0.25, -0.2) is 4.98 Å². The number of amides is 1. The molecule has 0 aliphatic rings. The molecule has 128 valence electrons. The summed E-state index contributed by atoms with van der Waals surface area (Å²) in [6.07, 6.45) is 0.417. The Labute approximate surface area is 154 Å². The Morgan fingerprint density at radius 3 is 2.96 bits per heavy atom. The van der Waals surface area contributed by atoms with Crippen LogP contribution >= 0.6 is 23.1 Å². The minimum Gasteiger partial charge on any atom is -0.340 e. The van der Waals surface area contributed by atoms with E-state index in [9.17, 15) is 4.79 Å². The van der Waals surface area contributed by atoms with E-state index in [0.717, 1.165) is 16.2 Å². The first-order valence-corrected chi connectivity index (χ1v) is 9.77. The highest BCUT2D eigenvalue weighted by molar-refractivity contribution is 7.99. The molecule has 0 saturated heterocycles. The lowest BCUT2D eigenvalue weighted by Gasteiger charge is -2.16. The van der Waals surface area contributed by atoms with Gasteiger partial charge in [-0.3, -0.25) is 4.79 Å². The van der Waals surface area contributed by atoms with E-state index in [1.807, 2.05) is 53.4 Å². The zero-order valence-corrected chi connectivity index (χ0v) is 15.5. The van der Waals surface area contributed by atoms with Crippen LogP contribution in [0.5, 0.6) is 0 Å². The van der Waals surface area contributed by atoms with Gasteiger partial charge in [-0.1, -0.05) is 30.0 Å². The summed E-state index contributed by atoms with van der Waals surface area (Å²) in [6, 6.07) is 14.0. The summed E-state index contributed by atoms with van der Waals surface area (Å²) in [5.41, 5.74) is 1.89. The van der Waals surface area contributed by atoms with Gasteiger partial charge in [-0.15, -0.1) is 11.3 Å². The molecule has 7 heteroatoms. The van der Waals surface area contributed by atoms with E-state index in [1.54, 1.807) is 16.2 Å². The van der Waals surface area contributed by atoms with Gasteiger partial charge in [0.25, 0.3) is 0 Å². The second-order valence-electron chi connectivity index (χ2n) is 5.56. The molecule has 0 bridgehead atoms. The van der Waals surface area contributed by atoms with Crippen molar-refractivity contribution in [1.29, 1.82) is 5.26 Å². The minimum absolute atomic E-state index is 0.0669. The van der Waals surface area contributed by atoms with Crippen molar-refractivity contribution >= 4 is 40.0 Å². The lowest BCUT2D eigenvalue weighted by Crippen LogP contribution is -2.27. The SMILES string of the molecule is CN(Cc1cccs1)C(=O)CSc1nc2ccccc2n1CCC#N. The third-order valence-electron chi connectivity index (χ3n) is 3.79. The summed E-state index contributed by atoms with van der Waals surface area (Å²) in [6.45, 7) is 1.21. The van der Waals surface area contributed by atoms with E-state index in [4.69, 9.17) is 5.26 Å². The topological polar surface area (TPSA) is 61.9 Å². The van der Waals surface area contributed by atoms with Gasteiger partial charge in [0.15, 0.2) is 5.16 Å². The lowest BCUT2D eigenvalue weighted by atomic mass is 10.3. The minimum atomic E-state index is 0.0669. The molecule has 0 aliphatic heterocycles. The molecule has 3 aromatic rings. The average Bonchev–Trinajstić information content (AvgIpc) is 3.25. The zero-order valence-electron chi connectivity index (χ0n) is 13.9. The van der Waals surface area contributed by atoms with Crippen LogP contribution in [-0.2, 0) is 17.9 Å². The fourth-order valence-corrected chi connectivity index (χ4v) is 4.24. The molecule has 0 fully saturated rings. The molecule has 0 spiro atoms. The molecule has 0 unspecified atom stereocenters. The van der Waals surface area contributed by atoms with E-state index in [-0.39, 0.29) is 5.91 Å². The number of aromatic nitrogens is 2. The first kappa shape index (κ1) is 17.5. The molecule has 0 saturated carbocycles. The Balaban J connectivity index is 1.69. The number of imidazole rings is 1. The third-order valence-corrected chi connectivity index (χ3v) is 5.61. The molecule has 0 aliphatic carbocycles. The number of para-hydroxylation sites is 2. The number of fused-ring (bicyclic) bond motifs is 1. The summed E-state index contributed by atoms with van der Waals surface area (Å²) in [7, 11) is 1.82. The molecule has 1 aromatic carbocycles. The molecule has 2 aromatic heterocycles. The normalized spacial score (nSPS) is 10.7. The predicted molar refractivity (Wildman–Crippen MR) is 101 cm³/mol. The van der Waals surface area contributed by atoms with Crippen LogP contribution in [0, 0.1) is 11.3 Å². The Kier molecular flexibility index (Phi) is 5.74. The van der Waals surface area contributed by atoms with Crippen LogP contribution in [0.1, 0.15) is 11.3 Å². The van der Waals surface area contributed by atoms with Crippen LogP contribution in [0.25, 0.3) is 11.0 Å². The van der Waals surface area contributed by atoms with Crippen LogP contribution in [0.3, 0.4) is 0 Å². The van der Waals surface area contributed by atoms with Crippen molar-refractivity contribution in [3.8, 4) is 6.07 Å². The maximum atomic E-state index is 12.4. The number of hydrogen-bond acceptors (Lipinski definition) is 5. The fourth-order valence-electron chi connectivity index (χ4n) is 2.50. The van der Waals surface area contributed by atoms with E-state index in [1.165, 1.54) is 16.6 Å². The quantitative estimate of drug-likeness (QED) is 0.594. The number of nitrogens with zero attached hydrogens (tertiary/aromatic N) is 4. The number of hydrogen-bond donors (Lipinski definition) is 0. The lowest BCUT2D eigenvalue weighted by molar-refractivity contribution is -0.127. The van der Waals surface area contributed by atoms with Crippen molar-refractivity contribution in [3.63, 3.8) is 0 Å². The second kappa shape index (κ2) is 8.19. The summed E-state index contributed by atoms with van der Waals surface area (Å²) in [5.74, 6) is 0.398. The van der Waals surface area contributed by atoms with Crippen molar-refractivity contribution < 1.29 is 4.79 Å². The van der Waals surface area contributed by atoms with Crippen molar-refractivity contribution in [2.45, 2.75) is 24.7 Å². The Hall–Kier alpha value is -2.30. The van der Waals surface area contributed by atoms with Crippen molar-refractivity contribution in [1.82, 2.24) is 14.5 Å². The van der Waals surface area contributed by atoms with Crippen LogP contribution in [0.4, 0.5) is 0 Å². The van der Waals surface area contributed by atoms with Crippen LogP contribution in [0.2, 0.25) is 0 Å². The maximum absolute atomic E-state index is 12.4. The maximum Gasteiger partial charge on any atom is 0.233 e. The van der Waals surface area contributed by atoms with Gasteiger partial charge in [-0.2, -0.15) is 5.26 Å². The monoisotopic (exact) mass is 370 g/mol. The number of aryl methyl sites for hydroxylation is 1. The highest BCUT2D eigenvalue weighted by Crippen LogP contribution is 2.25. The molecule has 1 amide bonds. The molecule has 5 nitrogen and oxygen atoms in total. The fraction of sp³-hybridized carbons (Fsp3) is 0.278. The summed E-state index contributed by atoms with van der Waals surface area (Å²) >= 11 is 3.08. The molecule has 25 heavy (non-hydrogen) atoms. The number of rotatable bonds is 7. The Morgan fingerprint density at radius 2 is 2.20 bits per heavy atom. The number of carbonyl (C=O) groups excluding carboxylic acids is 1. The van der Waals surface area contributed by atoms with Gasteiger partial charge in [0.1, 0.15) is 0 Å². The molecular weight excluding hydrogens is 352 g/mol. The molecule has 0 radical (unpaired) electrons.